The van der Waals surface area contributed by atoms with Crippen LogP contribution in [-0.4, -0.2) is 47.0 Å². The number of hydrogen-bond donors (Lipinski definition) is 2. The van der Waals surface area contributed by atoms with Crippen molar-refractivity contribution in [2.75, 3.05) is 26.3 Å². The van der Waals surface area contributed by atoms with E-state index in [4.69, 9.17) is 20.8 Å². The van der Waals surface area contributed by atoms with Crippen LogP contribution >= 0.6 is 11.6 Å². The first-order valence-electron chi connectivity index (χ1n) is 12.8. The van der Waals surface area contributed by atoms with Crippen molar-refractivity contribution < 1.29 is 13.9 Å². The first-order valence-corrected chi connectivity index (χ1v) is 13.2. The minimum atomic E-state index is -0.435. The number of hydrogen-bond acceptors (Lipinski definition) is 5. The Morgan fingerprint density at radius 2 is 1.97 bits per heavy atom. The Hall–Kier alpha value is -2.87. The molecule has 2 N–H and O–H groups in total. The van der Waals surface area contributed by atoms with Gasteiger partial charge in [0.15, 0.2) is 11.4 Å². The number of nitrogens with zero attached hydrogens (tertiary/aromatic N) is 1. The van der Waals surface area contributed by atoms with Crippen LogP contribution in [-0.2, 0) is 11.3 Å². The third-order valence-electron chi connectivity index (χ3n) is 7.08. The number of nitrogens with one attached hydrogen (secondary N) is 2. The largest absolute Gasteiger partial charge is 0.417 e. The molecule has 0 spiro atoms. The van der Waals surface area contributed by atoms with E-state index in [1.165, 1.54) is 0 Å². The fraction of sp³-hybridized carbons (Fsp3) is 0.429. The summed E-state index contributed by atoms with van der Waals surface area (Å²) in [5.41, 5.74) is 5.09. The number of ether oxygens (including phenoxy) is 1. The fourth-order valence-electron chi connectivity index (χ4n) is 5.32. The zero-order valence-corrected chi connectivity index (χ0v) is 21.3. The minimum absolute atomic E-state index is 0.0984. The number of oxazole rings is 1. The molecule has 1 aliphatic rings. The van der Waals surface area contributed by atoms with E-state index in [1.807, 2.05) is 36.4 Å². The Morgan fingerprint density at radius 3 is 2.78 bits per heavy atom. The Kier molecular flexibility index (Phi) is 7.60. The molecule has 1 saturated heterocycles. The van der Waals surface area contributed by atoms with E-state index in [1.54, 1.807) is 0 Å². The Bertz CT molecular complexity index is 1410. The minimum Gasteiger partial charge on any atom is -0.408 e. The number of Topliss-reactive ketones (excluding diaryl/α,β-unsaturated/α-hetero) is 1. The molecule has 1 atom stereocenters. The first-order chi connectivity index (χ1) is 17.5. The van der Waals surface area contributed by atoms with Gasteiger partial charge < -0.3 is 14.1 Å². The van der Waals surface area contributed by atoms with Gasteiger partial charge in [0, 0.05) is 42.0 Å². The lowest BCUT2D eigenvalue weighted by molar-refractivity contribution is 0.0343. The Balaban J connectivity index is 1.28. The van der Waals surface area contributed by atoms with Crippen LogP contribution in [0.3, 0.4) is 0 Å². The number of halogens is 1. The van der Waals surface area contributed by atoms with Crippen LogP contribution in [0, 0.1) is 0 Å². The first kappa shape index (κ1) is 24.8. The molecule has 0 saturated carbocycles. The van der Waals surface area contributed by atoms with Gasteiger partial charge in [-0.05, 0) is 55.0 Å². The van der Waals surface area contributed by atoms with Crippen molar-refractivity contribution in [1.29, 1.82) is 0 Å². The molecule has 0 bridgehead atoms. The van der Waals surface area contributed by atoms with E-state index in [2.05, 4.69) is 21.8 Å². The average molecular weight is 510 g/mol. The maximum atomic E-state index is 13.1. The summed E-state index contributed by atoms with van der Waals surface area (Å²) in [6.07, 6.45) is 4.04. The molecule has 1 aliphatic heterocycles. The number of aromatic nitrogens is 2. The Labute approximate surface area is 214 Å². The summed E-state index contributed by atoms with van der Waals surface area (Å²) >= 11 is 6.41. The SMILES string of the molecule is CCCC(CCCC(=O)c1cc2cc(Cl)cc(CN3CCOCC3)c2[nH]1)c1cccc2[nH]c(=O)oc12. The third-order valence-corrected chi connectivity index (χ3v) is 7.30. The van der Waals surface area contributed by atoms with Gasteiger partial charge in [0.2, 0.25) is 0 Å². The summed E-state index contributed by atoms with van der Waals surface area (Å²) in [7, 11) is 0. The number of para-hydroxylation sites is 1. The maximum absolute atomic E-state index is 13.1. The van der Waals surface area contributed by atoms with Crippen LogP contribution in [0.4, 0.5) is 0 Å². The smallest absolute Gasteiger partial charge is 0.408 e. The van der Waals surface area contributed by atoms with Crippen molar-refractivity contribution in [3.63, 3.8) is 0 Å². The molecule has 3 heterocycles. The van der Waals surface area contributed by atoms with E-state index in [9.17, 15) is 9.59 Å². The van der Waals surface area contributed by atoms with Gasteiger partial charge in [-0.3, -0.25) is 14.7 Å². The average Bonchev–Trinajstić information content (AvgIpc) is 3.47. The number of H-pyrrole nitrogens is 2. The fourth-order valence-corrected chi connectivity index (χ4v) is 5.57. The zero-order chi connectivity index (χ0) is 25.1. The monoisotopic (exact) mass is 509 g/mol. The van der Waals surface area contributed by atoms with E-state index in [-0.39, 0.29) is 11.7 Å². The molecule has 1 fully saturated rings. The number of rotatable bonds is 10. The van der Waals surface area contributed by atoms with Crippen molar-refractivity contribution in [1.82, 2.24) is 14.9 Å². The summed E-state index contributed by atoms with van der Waals surface area (Å²) in [5.74, 6) is -0.108. The van der Waals surface area contributed by atoms with Crippen LogP contribution < -0.4 is 5.76 Å². The zero-order valence-electron chi connectivity index (χ0n) is 20.6. The standard InChI is InChI=1S/C28H32ClN3O4/c1-2-5-18(22-7-4-8-23-27(22)36-28(34)31-23)6-3-9-25(33)24-16-19-14-21(29)15-20(26(19)30-24)17-32-10-12-35-13-11-32/h4,7-8,14-16,18,30H,2-3,5-6,9-13,17H2,1H3,(H,31,34). The van der Waals surface area contributed by atoms with Crippen LogP contribution in [0.1, 0.15) is 66.6 Å². The van der Waals surface area contributed by atoms with E-state index in [0.717, 1.165) is 86.1 Å². The highest BCUT2D eigenvalue weighted by Gasteiger charge is 2.19. The maximum Gasteiger partial charge on any atom is 0.417 e. The van der Waals surface area contributed by atoms with Crippen molar-refractivity contribution in [2.45, 2.75) is 51.5 Å². The second kappa shape index (κ2) is 11.0. The number of aromatic amines is 2. The normalized spacial score (nSPS) is 15.6. The van der Waals surface area contributed by atoms with E-state index >= 15 is 0 Å². The summed E-state index contributed by atoms with van der Waals surface area (Å²) in [4.78, 5) is 33.3. The number of morpholine rings is 1. The van der Waals surface area contributed by atoms with Crippen LogP contribution in [0.2, 0.25) is 5.02 Å². The predicted molar refractivity (Wildman–Crippen MR) is 142 cm³/mol. The molecule has 7 nitrogen and oxygen atoms in total. The summed E-state index contributed by atoms with van der Waals surface area (Å²) in [6.45, 7) is 6.17. The lowest BCUT2D eigenvalue weighted by atomic mass is 9.88. The Morgan fingerprint density at radius 1 is 1.14 bits per heavy atom. The van der Waals surface area contributed by atoms with Crippen LogP contribution in [0.5, 0.6) is 0 Å². The van der Waals surface area contributed by atoms with E-state index < -0.39 is 5.76 Å². The molecule has 36 heavy (non-hydrogen) atoms. The number of fused-ring (bicyclic) bond motifs is 2. The molecule has 2 aromatic carbocycles. The van der Waals surface area contributed by atoms with Crippen molar-refractivity contribution >= 4 is 39.4 Å². The molecule has 2 aromatic heterocycles. The summed E-state index contributed by atoms with van der Waals surface area (Å²) in [6, 6.07) is 11.6. The molecule has 0 aliphatic carbocycles. The topological polar surface area (TPSA) is 91.3 Å². The second-order valence-corrected chi connectivity index (χ2v) is 10.1. The number of benzene rings is 2. The van der Waals surface area contributed by atoms with Gasteiger partial charge >= 0.3 is 5.76 Å². The molecule has 0 radical (unpaired) electrons. The van der Waals surface area contributed by atoms with Crippen LogP contribution in [0.15, 0.2) is 45.6 Å². The van der Waals surface area contributed by atoms with Gasteiger partial charge in [0.25, 0.3) is 0 Å². The lowest BCUT2D eigenvalue weighted by Gasteiger charge is -2.26. The molecule has 0 amide bonds. The lowest BCUT2D eigenvalue weighted by Crippen LogP contribution is -2.35. The van der Waals surface area contributed by atoms with Gasteiger partial charge in [-0.1, -0.05) is 37.1 Å². The molecule has 4 aromatic rings. The number of carbonyl (C=O) groups is 1. The highest BCUT2D eigenvalue weighted by Crippen LogP contribution is 2.32. The second-order valence-electron chi connectivity index (χ2n) is 9.64. The molecular formula is C28H32ClN3O4. The molecule has 5 rings (SSSR count). The quantitative estimate of drug-likeness (QED) is 0.255. The van der Waals surface area contributed by atoms with Gasteiger partial charge in [-0.2, -0.15) is 0 Å². The van der Waals surface area contributed by atoms with Crippen LogP contribution in [0.25, 0.3) is 22.0 Å². The molecular weight excluding hydrogens is 478 g/mol. The van der Waals surface area contributed by atoms with Gasteiger partial charge in [-0.15, -0.1) is 0 Å². The number of ketones is 1. The highest BCUT2D eigenvalue weighted by molar-refractivity contribution is 6.31. The molecule has 8 heteroatoms. The summed E-state index contributed by atoms with van der Waals surface area (Å²) in [5, 5.41) is 1.64. The highest BCUT2D eigenvalue weighted by atomic mass is 35.5. The van der Waals surface area contributed by atoms with Crippen molar-refractivity contribution in [3.05, 3.63) is 68.8 Å². The van der Waals surface area contributed by atoms with E-state index in [0.29, 0.717) is 22.7 Å². The van der Waals surface area contributed by atoms with Crippen molar-refractivity contribution in [2.24, 2.45) is 0 Å². The van der Waals surface area contributed by atoms with Crippen molar-refractivity contribution in [3.8, 4) is 0 Å². The van der Waals surface area contributed by atoms with Gasteiger partial charge in [0.1, 0.15) is 0 Å². The third kappa shape index (κ3) is 5.43. The van der Waals surface area contributed by atoms with Gasteiger partial charge in [-0.25, -0.2) is 4.79 Å². The predicted octanol–water partition coefficient (Wildman–Crippen LogP) is 6.02. The van der Waals surface area contributed by atoms with Gasteiger partial charge in [0.05, 0.1) is 29.9 Å². The molecule has 190 valence electrons. The summed E-state index contributed by atoms with van der Waals surface area (Å²) < 4.78 is 10.9. The molecule has 1 unspecified atom stereocenters. The number of carbonyl (C=O) groups excluding carboxylic acids is 1.